The average molecular weight is 316 g/mol. The summed E-state index contributed by atoms with van der Waals surface area (Å²) in [6, 6.07) is 3.65. The van der Waals surface area contributed by atoms with Gasteiger partial charge in [0.05, 0.1) is 10.2 Å². The molecule has 5 heteroatoms. The van der Waals surface area contributed by atoms with Crippen molar-refractivity contribution in [2.75, 3.05) is 11.9 Å². The Hall–Kier alpha value is -1.10. The van der Waals surface area contributed by atoms with E-state index in [0.717, 1.165) is 12.8 Å². The maximum atomic E-state index is 14.3. The van der Waals surface area contributed by atoms with Crippen molar-refractivity contribution in [1.82, 2.24) is 0 Å². The topological polar surface area (TPSA) is 53.1 Å². The molecule has 0 radical (unpaired) electrons. The van der Waals surface area contributed by atoms with E-state index < -0.39 is 0 Å². The van der Waals surface area contributed by atoms with E-state index in [1.54, 1.807) is 12.1 Å². The Morgan fingerprint density at radius 2 is 2.00 bits per heavy atom. The van der Waals surface area contributed by atoms with Gasteiger partial charge in [-0.3, -0.25) is 5.41 Å². The number of nitrogens with two attached hydrogens (primary N) is 1. The predicted octanol–water partition coefficient (Wildman–Crippen LogP) is 3.50. The summed E-state index contributed by atoms with van der Waals surface area (Å²) in [5.41, 5.74) is 6.31. The van der Waals surface area contributed by atoms with Gasteiger partial charge < -0.3 is 10.6 Å². The number of benzene rings is 1. The van der Waals surface area contributed by atoms with Crippen molar-refractivity contribution in [2.24, 2.45) is 5.73 Å². The molecule has 0 fully saturated rings. The van der Waals surface area contributed by atoms with E-state index in [9.17, 15) is 4.39 Å². The molecule has 1 aromatic rings. The van der Waals surface area contributed by atoms with Crippen LogP contribution in [0.15, 0.2) is 16.6 Å². The number of amidine groups is 1. The zero-order chi connectivity index (χ0) is 13.9. The number of hydrogen-bond acceptors (Lipinski definition) is 2. The van der Waals surface area contributed by atoms with Crippen molar-refractivity contribution in [3.05, 3.63) is 28.0 Å². The average Bonchev–Trinajstić information content (AvgIpc) is 2.33. The second-order valence-electron chi connectivity index (χ2n) is 4.26. The fraction of sp³-hybridized carbons (Fsp3) is 0.462. The molecule has 0 heterocycles. The monoisotopic (exact) mass is 315 g/mol. The van der Waals surface area contributed by atoms with E-state index in [4.69, 9.17) is 11.1 Å². The highest BCUT2D eigenvalue weighted by Crippen LogP contribution is 2.30. The number of nitrogens with one attached hydrogen (secondary N) is 1. The second kappa shape index (κ2) is 6.18. The van der Waals surface area contributed by atoms with Gasteiger partial charge in [0.15, 0.2) is 5.82 Å². The number of anilines is 1. The van der Waals surface area contributed by atoms with Gasteiger partial charge in [-0.05, 0) is 40.9 Å². The Labute approximate surface area is 116 Å². The maximum Gasteiger partial charge on any atom is 0.161 e. The lowest BCUT2D eigenvalue weighted by molar-refractivity contribution is 0.563. The first-order valence-corrected chi connectivity index (χ1v) is 6.78. The van der Waals surface area contributed by atoms with E-state index in [1.165, 1.54) is 0 Å². The highest BCUT2D eigenvalue weighted by molar-refractivity contribution is 9.10. The summed E-state index contributed by atoms with van der Waals surface area (Å²) in [4.78, 5) is 1.93. The zero-order valence-corrected chi connectivity index (χ0v) is 12.5. The molecule has 0 aliphatic rings. The summed E-state index contributed by atoms with van der Waals surface area (Å²) in [5, 5.41) is 7.38. The van der Waals surface area contributed by atoms with Crippen molar-refractivity contribution in [3.63, 3.8) is 0 Å². The minimum Gasteiger partial charge on any atom is -0.384 e. The van der Waals surface area contributed by atoms with Gasteiger partial charge in [0.25, 0.3) is 0 Å². The third kappa shape index (κ3) is 2.83. The Balaban J connectivity index is 3.20. The summed E-state index contributed by atoms with van der Waals surface area (Å²) in [5.74, 6) is -0.505. The SMILES string of the molecule is CCC(CC)N(C)c1ccc(C(=N)N)c(Br)c1F. The Morgan fingerprint density at radius 1 is 1.44 bits per heavy atom. The molecule has 1 aromatic carbocycles. The van der Waals surface area contributed by atoms with E-state index in [2.05, 4.69) is 29.8 Å². The molecule has 0 aliphatic heterocycles. The molecule has 0 amide bonds. The first-order valence-electron chi connectivity index (χ1n) is 5.99. The number of halogens is 2. The van der Waals surface area contributed by atoms with Gasteiger partial charge in [-0.2, -0.15) is 0 Å². The Bertz CT molecular complexity index is 444. The molecular weight excluding hydrogens is 297 g/mol. The molecule has 0 bridgehead atoms. The van der Waals surface area contributed by atoms with Gasteiger partial charge in [0, 0.05) is 18.7 Å². The van der Waals surface area contributed by atoms with Gasteiger partial charge in [-0.25, -0.2) is 4.39 Å². The van der Waals surface area contributed by atoms with E-state index in [1.807, 2.05) is 11.9 Å². The van der Waals surface area contributed by atoms with Crippen LogP contribution in [0.1, 0.15) is 32.3 Å². The molecule has 0 atom stereocenters. The first-order chi connectivity index (χ1) is 8.43. The molecule has 0 spiro atoms. The maximum absolute atomic E-state index is 14.3. The molecule has 18 heavy (non-hydrogen) atoms. The van der Waals surface area contributed by atoms with Crippen LogP contribution >= 0.6 is 15.9 Å². The van der Waals surface area contributed by atoms with E-state index in [0.29, 0.717) is 17.3 Å². The van der Waals surface area contributed by atoms with Crippen LogP contribution in [0.25, 0.3) is 0 Å². The molecule has 0 aliphatic carbocycles. The first kappa shape index (κ1) is 15.0. The number of rotatable bonds is 5. The van der Waals surface area contributed by atoms with Crippen molar-refractivity contribution in [3.8, 4) is 0 Å². The van der Waals surface area contributed by atoms with Crippen LogP contribution < -0.4 is 10.6 Å². The third-order valence-electron chi connectivity index (χ3n) is 3.22. The van der Waals surface area contributed by atoms with Crippen LogP contribution in [-0.2, 0) is 0 Å². The fourth-order valence-electron chi connectivity index (χ4n) is 2.05. The molecule has 1 rings (SSSR count). The highest BCUT2D eigenvalue weighted by Gasteiger charge is 2.19. The molecule has 0 unspecified atom stereocenters. The summed E-state index contributed by atoms with van der Waals surface area (Å²) >= 11 is 3.17. The Kier molecular flexibility index (Phi) is 5.14. The van der Waals surface area contributed by atoms with Gasteiger partial charge in [0.2, 0.25) is 0 Å². The molecule has 0 saturated heterocycles. The van der Waals surface area contributed by atoms with Crippen LogP contribution in [0, 0.1) is 11.2 Å². The molecule has 0 aromatic heterocycles. The summed E-state index contributed by atoms with van der Waals surface area (Å²) in [6.07, 6.45) is 1.91. The molecule has 0 saturated carbocycles. The lowest BCUT2D eigenvalue weighted by atomic mass is 10.1. The van der Waals surface area contributed by atoms with Crippen LogP contribution in [-0.4, -0.2) is 18.9 Å². The predicted molar refractivity (Wildman–Crippen MR) is 77.9 cm³/mol. The lowest BCUT2D eigenvalue weighted by Gasteiger charge is -2.29. The van der Waals surface area contributed by atoms with E-state index >= 15 is 0 Å². The van der Waals surface area contributed by atoms with Gasteiger partial charge in [-0.1, -0.05) is 13.8 Å². The van der Waals surface area contributed by atoms with Crippen molar-refractivity contribution in [2.45, 2.75) is 32.7 Å². The number of nitrogens with zero attached hydrogens (tertiary/aromatic N) is 1. The normalized spacial score (nSPS) is 10.8. The third-order valence-corrected chi connectivity index (χ3v) is 4.00. The van der Waals surface area contributed by atoms with Crippen molar-refractivity contribution < 1.29 is 4.39 Å². The van der Waals surface area contributed by atoms with E-state index in [-0.39, 0.29) is 16.1 Å². The quantitative estimate of drug-likeness (QED) is 0.645. The fourth-order valence-corrected chi connectivity index (χ4v) is 2.60. The molecule has 3 nitrogen and oxygen atoms in total. The molecular formula is C13H19BrFN3. The lowest BCUT2D eigenvalue weighted by Crippen LogP contribution is -2.31. The molecule has 3 N–H and O–H groups in total. The van der Waals surface area contributed by atoms with Crippen LogP contribution in [0.4, 0.5) is 10.1 Å². The molecule has 100 valence electrons. The summed E-state index contributed by atoms with van der Waals surface area (Å²) in [6.45, 7) is 4.17. The van der Waals surface area contributed by atoms with Gasteiger partial charge in [-0.15, -0.1) is 0 Å². The zero-order valence-electron chi connectivity index (χ0n) is 10.9. The van der Waals surface area contributed by atoms with Gasteiger partial charge in [0.1, 0.15) is 5.84 Å². The summed E-state index contributed by atoms with van der Waals surface area (Å²) in [7, 11) is 1.88. The van der Waals surface area contributed by atoms with Crippen LogP contribution in [0.2, 0.25) is 0 Å². The summed E-state index contributed by atoms with van der Waals surface area (Å²) < 4.78 is 14.5. The standard InChI is InChI=1S/C13H19BrFN3/c1-4-8(5-2)18(3)10-7-6-9(13(16)17)11(14)12(10)15/h6-8H,4-5H2,1-3H3,(H3,16,17). The number of hydrogen-bond donors (Lipinski definition) is 2. The van der Waals surface area contributed by atoms with Gasteiger partial charge >= 0.3 is 0 Å². The second-order valence-corrected chi connectivity index (χ2v) is 5.05. The number of nitrogen functional groups attached to an aromatic ring is 1. The largest absolute Gasteiger partial charge is 0.384 e. The highest BCUT2D eigenvalue weighted by atomic mass is 79.9. The Morgan fingerprint density at radius 3 is 2.44 bits per heavy atom. The van der Waals surface area contributed by atoms with Crippen LogP contribution in [0.3, 0.4) is 0 Å². The minimum absolute atomic E-state index is 0.141. The van der Waals surface area contributed by atoms with Crippen LogP contribution in [0.5, 0.6) is 0 Å². The van der Waals surface area contributed by atoms with Crippen molar-refractivity contribution in [1.29, 1.82) is 5.41 Å². The smallest absolute Gasteiger partial charge is 0.161 e. The minimum atomic E-state index is -0.364. The van der Waals surface area contributed by atoms with Crippen molar-refractivity contribution >= 4 is 27.5 Å².